The Morgan fingerprint density at radius 2 is 1.81 bits per heavy atom. The molecule has 0 aliphatic carbocycles. The van der Waals surface area contributed by atoms with Crippen LogP contribution in [0.3, 0.4) is 0 Å². The number of rotatable bonds is 0. The number of aryl methyl sites for hydroxylation is 1. The molecule has 7 nitrogen and oxygen atoms in total. The lowest BCUT2D eigenvalue weighted by atomic mass is 10.0. The van der Waals surface area contributed by atoms with E-state index in [0.29, 0.717) is 5.96 Å². The van der Waals surface area contributed by atoms with Crippen molar-refractivity contribution >= 4 is 29.2 Å². The lowest BCUT2D eigenvalue weighted by Gasteiger charge is -2.35. The largest absolute Gasteiger partial charge is 0.370 e. The Morgan fingerprint density at radius 3 is 2.67 bits per heavy atom. The number of benzene rings is 2. The van der Waals surface area contributed by atoms with Crippen LogP contribution in [0.1, 0.15) is 17.5 Å². The van der Waals surface area contributed by atoms with Gasteiger partial charge in [-0.25, -0.2) is 9.98 Å². The lowest BCUT2D eigenvalue weighted by molar-refractivity contribution is -0.122. The third-order valence-corrected chi connectivity index (χ3v) is 5.40. The Bertz CT molecular complexity index is 1010. The van der Waals surface area contributed by atoms with Crippen LogP contribution in [0, 0.1) is 0 Å². The van der Waals surface area contributed by atoms with Gasteiger partial charge in [-0.3, -0.25) is 10.1 Å². The third kappa shape index (κ3) is 2.17. The number of anilines is 2. The van der Waals surface area contributed by atoms with E-state index in [4.69, 9.17) is 10.7 Å². The smallest absolute Gasteiger partial charge is 0.282 e. The topological polar surface area (TPSA) is 86.3 Å². The molecule has 3 N–H and O–H groups in total. The number of aliphatic imine (C=N–C) groups is 2. The summed E-state index contributed by atoms with van der Waals surface area (Å²) in [5.74, 6) is 0.561. The quantitative estimate of drug-likeness (QED) is 0.746. The molecule has 0 bridgehead atoms. The van der Waals surface area contributed by atoms with E-state index in [1.165, 1.54) is 5.56 Å². The van der Waals surface area contributed by atoms with E-state index in [2.05, 4.69) is 27.3 Å². The molecule has 3 heterocycles. The van der Waals surface area contributed by atoms with Gasteiger partial charge in [0.2, 0.25) is 5.96 Å². The van der Waals surface area contributed by atoms with Crippen molar-refractivity contribution in [3.8, 4) is 0 Å². The number of para-hydroxylation sites is 2. The van der Waals surface area contributed by atoms with Crippen LogP contribution in [-0.4, -0.2) is 31.4 Å². The van der Waals surface area contributed by atoms with Crippen LogP contribution in [0.15, 0.2) is 58.5 Å². The molecule has 1 atom stereocenters. The van der Waals surface area contributed by atoms with Gasteiger partial charge in [-0.2, -0.15) is 0 Å². The number of guanidine groups is 2. The highest BCUT2D eigenvalue weighted by Gasteiger charge is 2.52. The van der Waals surface area contributed by atoms with Crippen LogP contribution in [0.5, 0.6) is 0 Å². The molecule has 0 radical (unpaired) electrons. The normalized spacial score (nSPS) is 23.5. The molecule has 5 rings (SSSR count). The molecule has 3 aliphatic rings. The number of nitrogens with zero attached hydrogens (tertiary/aromatic N) is 4. The van der Waals surface area contributed by atoms with Crippen LogP contribution < -0.4 is 20.9 Å². The van der Waals surface area contributed by atoms with E-state index in [-0.39, 0.29) is 11.9 Å². The van der Waals surface area contributed by atoms with Crippen LogP contribution in [0.4, 0.5) is 11.4 Å². The van der Waals surface area contributed by atoms with E-state index >= 15 is 0 Å². The maximum atomic E-state index is 13.2. The second-order valence-corrected chi connectivity index (χ2v) is 6.99. The van der Waals surface area contributed by atoms with Gasteiger partial charge in [-0.15, -0.1) is 0 Å². The van der Waals surface area contributed by atoms with Crippen molar-refractivity contribution in [2.24, 2.45) is 15.7 Å². The maximum absolute atomic E-state index is 13.2. The summed E-state index contributed by atoms with van der Waals surface area (Å²) in [4.78, 5) is 26.2. The van der Waals surface area contributed by atoms with Crippen molar-refractivity contribution < 1.29 is 4.79 Å². The Labute approximate surface area is 157 Å². The molecule has 3 aliphatic heterocycles. The number of carbonyl (C=O) groups is 1. The second-order valence-electron chi connectivity index (χ2n) is 6.99. The first-order valence-electron chi connectivity index (χ1n) is 9.05. The number of carbonyl (C=O) groups excluding carboxylic acids is 1. The maximum Gasteiger partial charge on any atom is 0.282 e. The van der Waals surface area contributed by atoms with Crippen molar-refractivity contribution in [1.29, 1.82) is 0 Å². The summed E-state index contributed by atoms with van der Waals surface area (Å²) in [5.41, 5.74) is 8.69. The van der Waals surface area contributed by atoms with E-state index in [1.54, 1.807) is 11.9 Å². The monoisotopic (exact) mass is 360 g/mol. The first-order chi connectivity index (χ1) is 13.1. The molecule has 1 amide bonds. The summed E-state index contributed by atoms with van der Waals surface area (Å²) in [5, 5.41) is 3.08. The number of hydrogen-bond acceptors (Lipinski definition) is 6. The van der Waals surface area contributed by atoms with E-state index < -0.39 is 5.66 Å². The highest BCUT2D eigenvalue weighted by atomic mass is 16.2. The number of hydrogen-bond donors (Lipinski definition) is 2. The SMILES string of the molecule is CN1C(=O)[C@@]2(N=C(N)NC(N3CCCc4ccccc43)=N2)c2ccccc21. The number of fused-ring (bicyclic) bond motifs is 3. The molecular formula is C20H20N6O. The number of likely N-dealkylation sites (N-methyl/N-ethyl adjacent to an activating group) is 1. The Morgan fingerprint density at radius 1 is 1.07 bits per heavy atom. The second kappa shape index (κ2) is 5.57. The van der Waals surface area contributed by atoms with Gasteiger partial charge >= 0.3 is 0 Å². The van der Waals surface area contributed by atoms with Gasteiger partial charge in [0.1, 0.15) is 0 Å². The molecule has 0 fully saturated rings. The van der Waals surface area contributed by atoms with Crippen molar-refractivity contribution in [2.75, 3.05) is 23.4 Å². The summed E-state index contributed by atoms with van der Waals surface area (Å²) in [6, 6.07) is 15.9. The highest BCUT2D eigenvalue weighted by molar-refractivity contribution is 6.15. The molecule has 27 heavy (non-hydrogen) atoms. The number of nitrogens with two attached hydrogens (primary N) is 1. The first kappa shape index (κ1) is 15.9. The minimum Gasteiger partial charge on any atom is -0.370 e. The fraction of sp³-hybridized carbons (Fsp3) is 0.250. The van der Waals surface area contributed by atoms with Crippen molar-refractivity contribution in [3.05, 3.63) is 59.7 Å². The first-order valence-corrected chi connectivity index (χ1v) is 9.05. The predicted molar refractivity (Wildman–Crippen MR) is 106 cm³/mol. The van der Waals surface area contributed by atoms with Gasteiger partial charge in [0.25, 0.3) is 11.6 Å². The lowest BCUT2D eigenvalue weighted by Crippen LogP contribution is -2.55. The summed E-state index contributed by atoms with van der Waals surface area (Å²) in [6.07, 6.45) is 2.03. The molecular weight excluding hydrogens is 340 g/mol. The van der Waals surface area contributed by atoms with Gasteiger partial charge in [0.05, 0.1) is 5.69 Å². The summed E-state index contributed by atoms with van der Waals surface area (Å²) in [7, 11) is 1.75. The van der Waals surface area contributed by atoms with E-state index in [9.17, 15) is 4.79 Å². The minimum atomic E-state index is -1.36. The zero-order chi connectivity index (χ0) is 18.6. The predicted octanol–water partition coefficient (Wildman–Crippen LogP) is 1.54. The fourth-order valence-electron chi connectivity index (χ4n) is 4.14. The summed E-state index contributed by atoms with van der Waals surface area (Å²) >= 11 is 0. The zero-order valence-corrected chi connectivity index (χ0v) is 15.0. The van der Waals surface area contributed by atoms with E-state index in [0.717, 1.165) is 36.3 Å². The molecule has 0 aromatic heterocycles. The zero-order valence-electron chi connectivity index (χ0n) is 15.0. The van der Waals surface area contributed by atoms with Gasteiger partial charge < -0.3 is 15.5 Å². The van der Waals surface area contributed by atoms with Gasteiger partial charge in [0, 0.05) is 24.8 Å². The molecule has 2 aromatic rings. The fourth-order valence-corrected chi connectivity index (χ4v) is 4.14. The van der Waals surface area contributed by atoms with E-state index in [1.807, 2.05) is 36.4 Å². The van der Waals surface area contributed by atoms with Crippen molar-refractivity contribution in [3.63, 3.8) is 0 Å². The summed E-state index contributed by atoms with van der Waals surface area (Å²) in [6.45, 7) is 0.803. The van der Waals surface area contributed by atoms with Crippen molar-refractivity contribution in [1.82, 2.24) is 5.32 Å². The molecule has 136 valence electrons. The average molecular weight is 360 g/mol. The molecule has 0 unspecified atom stereocenters. The average Bonchev–Trinajstić information content (AvgIpc) is 2.89. The van der Waals surface area contributed by atoms with Crippen LogP contribution in [0.2, 0.25) is 0 Å². The van der Waals surface area contributed by atoms with Crippen LogP contribution in [-0.2, 0) is 16.9 Å². The minimum absolute atomic E-state index is 0.196. The standard InChI is InChI=1S/C20H20N6O/c1-25-16-11-5-3-9-14(16)20(17(25)27)23-18(21)22-19(24-20)26-12-6-8-13-7-2-4-10-15(13)26/h2-5,7,9-11H,6,8,12H2,1H3,(H3,21,22,23,24)/t20-/m1/s1. The van der Waals surface area contributed by atoms with Crippen LogP contribution in [0.25, 0.3) is 0 Å². The van der Waals surface area contributed by atoms with Crippen LogP contribution >= 0.6 is 0 Å². The molecule has 0 saturated carbocycles. The van der Waals surface area contributed by atoms with Crippen molar-refractivity contribution in [2.45, 2.75) is 18.5 Å². The molecule has 7 heteroatoms. The Balaban J connectivity index is 1.67. The number of amides is 1. The third-order valence-electron chi connectivity index (χ3n) is 5.40. The Hall–Kier alpha value is -3.35. The summed E-state index contributed by atoms with van der Waals surface area (Å²) < 4.78 is 0. The Kier molecular flexibility index (Phi) is 3.28. The van der Waals surface area contributed by atoms with Gasteiger partial charge in [-0.1, -0.05) is 36.4 Å². The molecule has 2 aromatic carbocycles. The van der Waals surface area contributed by atoms with Gasteiger partial charge in [-0.05, 0) is 30.5 Å². The number of nitrogens with one attached hydrogen (secondary N) is 1. The van der Waals surface area contributed by atoms with Gasteiger partial charge in [0.15, 0.2) is 5.96 Å². The molecule has 1 spiro atoms. The highest BCUT2D eigenvalue weighted by Crippen LogP contribution is 2.44. The molecule has 0 saturated heterocycles.